The van der Waals surface area contributed by atoms with E-state index in [0.717, 1.165) is 12.8 Å². The lowest BCUT2D eigenvalue weighted by molar-refractivity contribution is -0.142. The maximum atomic E-state index is 12.9. The van der Waals surface area contributed by atoms with Crippen LogP contribution in [-0.4, -0.2) is 63.1 Å². The Morgan fingerprint density at radius 1 is 1.08 bits per heavy atom. The molecule has 25 heavy (non-hydrogen) atoms. The number of carbonyl (C=O) groups excluding carboxylic acids is 2. The van der Waals surface area contributed by atoms with Crippen LogP contribution in [0.25, 0.3) is 0 Å². The lowest BCUT2D eigenvalue weighted by Crippen LogP contribution is -2.53. The smallest absolute Gasteiger partial charge is 0.257 e. The fourth-order valence-corrected chi connectivity index (χ4v) is 4.48. The quantitative estimate of drug-likeness (QED) is 0.710. The van der Waals surface area contributed by atoms with Gasteiger partial charge < -0.3 is 9.80 Å². The number of aryl methyl sites for hydroxylation is 1. The van der Waals surface area contributed by atoms with Gasteiger partial charge in [0, 0.05) is 56.2 Å². The van der Waals surface area contributed by atoms with Gasteiger partial charge in [-0.25, -0.2) is 4.98 Å². The zero-order valence-electron chi connectivity index (χ0n) is 14.3. The van der Waals surface area contributed by atoms with Gasteiger partial charge in [-0.2, -0.15) is 0 Å². The fraction of sp³-hybridized carbons (Fsp3) is 0.647. The molecule has 2 fully saturated rings. The molecule has 0 aromatic carbocycles. The molecule has 3 aliphatic rings. The standard InChI is InChI=1S/C17H22N4O3S/c1-11-8-18-17-21(14(11)22)9-13(10-25-17)16(24)20-6-4-19(5-7-20)15(23)12-2-3-12/h8,12-13H,2-7,9-10H2,1H3. The lowest BCUT2D eigenvalue weighted by atomic mass is 10.1. The highest BCUT2D eigenvalue weighted by atomic mass is 32.2. The predicted molar refractivity (Wildman–Crippen MR) is 93.3 cm³/mol. The van der Waals surface area contributed by atoms with E-state index >= 15 is 0 Å². The molecule has 2 amide bonds. The zero-order valence-corrected chi connectivity index (χ0v) is 15.1. The maximum absolute atomic E-state index is 12.9. The van der Waals surface area contributed by atoms with Crippen LogP contribution in [0.15, 0.2) is 16.1 Å². The SMILES string of the molecule is Cc1cnc2n(c1=O)CC(C(=O)N1CCN(C(=O)C3CC3)CC1)CS2. The Labute approximate surface area is 150 Å². The topological polar surface area (TPSA) is 75.5 Å². The van der Waals surface area contributed by atoms with Crippen molar-refractivity contribution in [2.75, 3.05) is 31.9 Å². The van der Waals surface area contributed by atoms with E-state index in [1.165, 1.54) is 11.8 Å². The van der Waals surface area contributed by atoms with E-state index in [1.807, 2.05) is 9.80 Å². The summed E-state index contributed by atoms with van der Waals surface area (Å²) in [6, 6.07) is 0. The first-order valence-corrected chi connectivity index (χ1v) is 9.80. The van der Waals surface area contributed by atoms with Gasteiger partial charge in [0.15, 0.2) is 5.16 Å². The maximum Gasteiger partial charge on any atom is 0.257 e. The summed E-state index contributed by atoms with van der Waals surface area (Å²) in [5.74, 6) is 1.02. The van der Waals surface area contributed by atoms with Crippen molar-refractivity contribution in [1.29, 1.82) is 0 Å². The number of fused-ring (bicyclic) bond motifs is 1. The molecule has 1 saturated carbocycles. The molecule has 1 aromatic rings. The highest BCUT2D eigenvalue weighted by Crippen LogP contribution is 2.31. The molecule has 4 rings (SSSR count). The van der Waals surface area contributed by atoms with Crippen molar-refractivity contribution >= 4 is 23.6 Å². The molecule has 0 bridgehead atoms. The second-order valence-corrected chi connectivity index (χ2v) is 8.06. The number of hydrogen-bond donors (Lipinski definition) is 0. The Kier molecular flexibility index (Phi) is 4.31. The number of nitrogens with zero attached hydrogens (tertiary/aromatic N) is 4. The number of hydrogen-bond acceptors (Lipinski definition) is 5. The molecule has 0 N–H and O–H groups in total. The van der Waals surface area contributed by atoms with Crippen molar-refractivity contribution in [3.05, 3.63) is 22.1 Å². The number of rotatable bonds is 2. The van der Waals surface area contributed by atoms with Crippen LogP contribution in [0, 0.1) is 18.8 Å². The molecule has 1 aliphatic carbocycles. The molecule has 134 valence electrons. The van der Waals surface area contributed by atoms with Crippen LogP contribution in [0.5, 0.6) is 0 Å². The average Bonchev–Trinajstić information content (AvgIpc) is 3.49. The summed E-state index contributed by atoms with van der Waals surface area (Å²) in [4.78, 5) is 45.3. The summed E-state index contributed by atoms with van der Waals surface area (Å²) >= 11 is 1.47. The Balaban J connectivity index is 1.40. The molecular weight excluding hydrogens is 340 g/mol. The van der Waals surface area contributed by atoms with Gasteiger partial charge in [0.25, 0.3) is 5.56 Å². The van der Waals surface area contributed by atoms with Gasteiger partial charge >= 0.3 is 0 Å². The van der Waals surface area contributed by atoms with Crippen molar-refractivity contribution in [2.45, 2.75) is 31.5 Å². The highest BCUT2D eigenvalue weighted by Gasteiger charge is 2.36. The molecule has 0 spiro atoms. The van der Waals surface area contributed by atoms with E-state index in [4.69, 9.17) is 0 Å². The van der Waals surface area contributed by atoms with E-state index in [1.54, 1.807) is 17.7 Å². The minimum atomic E-state index is -0.204. The third kappa shape index (κ3) is 3.19. The first-order valence-electron chi connectivity index (χ1n) is 8.81. The molecule has 2 aliphatic heterocycles. The molecular formula is C17H22N4O3S. The molecule has 3 heterocycles. The Morgan fingerprint density at radius 3 is 2.28 bits per heavy atom. The third-order valence-corrected chi connectivity index (χ3v) is 6.33. The van der Waals surface area contributed by atoms with Crippen molar-refractivity contribution < 1.29 is 9.59 Å². The van der Waals surface area contributed by atoms with Crippen molar-refractivity contribution in [1.82, 2.24) is 19.4 Å². The van der Waals surface area contributed by atoms with Crippen LogP contribution in [-0.2, 0) is 16.1 Å². The largest absolute Gasteiger partial charge is 0.339 e. The predicted octanol–water partition coefficient (Wildman–Crippen LogP) is 0.354. The second kappa shape index (κ2) is 6.48. The van der Waals surface area contributed by atoms with Crippen LogP contribution >= 0.6 is 11.8 Å². The Morgan fingerprint density at radius 2 is 1.68 bits per heavy atom. The number of aromatic nitrogens is 2. The van der Waals surface area contributed by atoms with Crippen LogP contribution < -0.4 is 5.56 Å². The third-order valence-electron chi connectivity index (χ3n) is 5.18. The minimum Gasteiger partial charge on any atom is -0.339 e. The molecule has 1 unspecified atom stereocenters. The van der Waals surface area contributed by atoms with E-state index in [-0.39, 0.29) is 29.2 Å². The van der Waals surface area contributed by atoms with Crippen LogP contribution in [0.2, 0.25) is 0 Å². The summed E-state index contributed by atoms with van der Waals surface area (Å²) in [5, 5.41) is 0.694. The van der Waals surface area contributed by atoms with Gasteiger partial charge in [-0.3, -0.25) is 19.0 Å². The second-order valence-electron chi connectivity index (χ2n) is 7.07. The summed E-state index contributed by atoms with van der Waals surface area (Å²) in [5.41, 5.74) is 0.541. The van der Waals surface area contributed by atoms with Gasteiger partial charge in [-0.1, -0.05) is 11.8 Å². The average molecular weight is 362 g/mol. The van der Waals surface area contributed by atoms with E-state index in [2.05, 4.69) is 4.98 Å². The van der Waals surface area contributed by atoms with Gasteiger partial charge in [0.1, 0.15) is 0 Å². The van der Waals surface area contributed by atoms with Crippen molar-refractivity contribution in [3.63, 3.8) is 0 Å². The molecule has 1 atom stereocenters. The number of carbonyl (C=O) groups is 2. The Hall–Kier alpha value is -1.83. The molecule has 1 saturated heterocycles. The number of piperazine rings is 1. The minimum absolute atomic E-state index is 0.0603. The van der Waals surface area contributed by atoms with Gasteiger partial charge in [0.05, 0.1) is 5.92 Å². The van der Waals surface area contributed by atoms with Crippen molar-refractivity contribution in [3.8, 4) is 0 Å². The van der Waals surface area contributed by atoms with Crippen molar-refractivity contribution in [2.24, 2.45) is 11.8 Å². The van der Waals surface area contributed by atoms with E-state index < -0.39 is 0 Å². The number of amides is 2. The first-order chi connectivity index (χ1) is 12.0. The number of thioether (sulfide) groups is 1. The van der Waals surface area contributed by atoms with Crippen LogP contribution in [0.1, 0.15) is 18.4 Å². The van der Waals surface area contributed by atoms with Crippen LogP contribution in [0.4, 0.5) is 0 Å². The fourth-order valence-electron chi connectivity index (χ4n) is 3.44. The molecule has 0 radical (unpaired) electrons. The van der Waals surface area contributed by atoms with Gasteiger partial charge in [-0.05, 0) is 19.8 Å². The Bertz CT molecular complexity index is 766. The van der Waals surface area contributed by atoms with Gasteiger partial charge in [-0.15, -0.1) is 0 Å². The highest BCUT2D eigenvalue weighted by molar-refractivity contribution is 7.99. The molecule has 8 heteroatoms. The van der Waals surface area contributed by atoms with E-state index in [9.17, 15) is 14.4 Å². The lowest BCUT2D eigenvalue weighted by Gasteiger charge is -2.37. The van der Waals surface area contributed by atoms with Gasteiger partial charge in [0.2, 0.25) is 11.8 Å². The normalized spacial score (nSPS) is 23.3. The van der Waals surface area contributed by atoms with E-state index in [0.29, 0.717) is 49.2 Å². The van der Waals surface area contributed by atoms with Crippen LogP contribution in [0.3, 0.4) is 0 Å². The summed E-state index contributed by atoms with van der Waals surface area (Å²) in [6.07, 6.45) is 3.62. The summed E-state index contributed by atoms with van der Waals surface area (Å²) < 4.78 is 1.62. The zero-order chi connectivity index (χ0) is 17.6. The first kappa shape index (κ1) is 16.6. The summed E-state index contributed by atoms with van der Waals surface area (Å²) in [6.45, 7) is 4.57. The monoisotopic (exact) mass is 362 g/mol. The molecule has 7 nitrogen and oxygen atoms in total. The summed E-state index contributed by atoms with van der Waals surface area (Å²) in [7, 11) is 0. The molecule has 1 aromatic heterocycles.